The van der Waals surface area contributed by atoms with Crippen molar-refractivity contribution in [1.82, 2.24) is 0 Å². The van der Waals surface area contributed by atoms with Crippen molar-refractivity contribution in [3.8, 4) is 16.2 Å². The van der Waals surface area contributed by atoms with E-state index in [1.165, 1.54) is 22.5 Å². The second-order valence-corrected chi connectivity index (χ2v) is 4.61. The number of hydrogen-bond donors (Lipinski definition) is 1. The van der Waals surface area contributed by atoms with Crippen LogP contribution in [0.15, 0.2) is 78.2 Å². The van der Waals surface area contributed by atoms with E-state index in [0.717, 1.165) is 0 Å². The Labute approximate surface area is 111 Å². The zero-order chi connectivity index (χ0) is 12.6. The summed E-state index contributed by atoms with van der Waals surface area (Å²) >= 11 is 1.33. The van der Waals surface area contributed by atoms with Crippen LogP contribution in [0.25, 0.3) is 11.1 Å². The first-order valence-electron chi connectivity index (χ1n) is 5.69. The van der Waals surface area contributed by atoms with E-state index in [0.29, 0.717) is 5.06 Å². The normalized spacial score (nSPS) is 9.33. The molecular weight excluding hydrogens is 240 g/mol. The molecule has 3 aromatic rings. The zero-order valence-corrected chi connectivity index (χ0v) is 10.7. The van der Waals surface area contributed by atoms with Gasteiger partial charge in [0.05, 0.1) is 0 Å². The van der Waals surface area contributed by atoms with Gasteiger partial charge in [0.1, 0.15) is 0 Å². The molecule has 3 rings (SSSR count). The highest BCUT2D eigenvalue weighted by Gasteiger charge is 1.91. The van der Waals surface area contributed by atoms with E-state index in [4.69, 9.17) is 5.11 Å². The van der Waals surface area contributed by atoms with Crippen molar-refractivity contribution in [2.75, 3.05) is 0 Å². The molecule has 0 aliphatic heterocycles. The number of thiophene rings is 1. The smallest absolute Gasteiger partial charge is 0.171 e. The molecule has 0 amide bonds. The average molecular weight is 254 g/mol. The minimum absolute atomic E-state index is 0.384. The fourth-order valence-electron chi connectivity index (χ4n) is 1.53. The number of hydrogen-bond acceptors (Lipinski definition) is 2. The first-order valence-corrected chi connectivity index (χ1v) is 6.57. The standard InChI is InChI=1S/C12H10.C4H4OS/c1-3-7-11(8-4-1)12-9-5-2-6-10-12;5-4-2-1-3-6-4/h1-10H;1-3,5H. The van der Waals surface area contributed by atoms with Gasteiger partial charge in [-0.3, -0.25) is 0 Å². The third kappa shape index (κ3) is 3.75. The Hall–Kier alpha value is -2.06. The molecule has 0 saturated carbocycles. The maximum Gasteiger partial charge on any atom is 0.171 e. The molecule has 2 aromatic carbocycles. The average Bonchev–Trinajstić information content (AvgIpc) is 2.93. The van der Waals surface area contributed by atoms with Gasteiger partial charge in [0.2, 0.25) is 0 Å². The molecule has 0 aliphatic rings. The van der Waals surface area contributed by atoms with Gasteiger partial charge in [0, 0.05) is 0 Å². The fraction of sp³-hybridized carbons (Fsp3) is 0. The molecule has 0 aliphatic carbocycles. The lowest BCUT2D eigenvalue weighted by Crippen LogP contribution is -1.73. The minimum Gasteiger partial charge on any atom is -0.499 e. The van der Waals surface area contributed by atoms with Crippen molar-refractivity contribution in [2.45, 2.75) is 0 Å². The van der Waals surface area contributed by atoms with Gasteiger partial charge in [-0.25, -0.2) is 0 Å². The predicted molar refractivity (Wildman–Crippen MR) is 77.9 cm³/mol. The van der Waals surface area contributed by atoms with E-state index in [2.05, 4.69) is 48.5 Å². The Morgan fingerprint density at radius 1 is 0.611 bits per heavy atom. The lowest BCUT2D eigenvalue weighted by Gasteiger charge is -1.98. The predicted octanol–water partition coefficient (Wildman–Crippen LogP) is 4.81. The molecule has 1 nitrogen and oxygen atoms in total. The van der Waals surface area contributed by atoms with E-state index in [9.17, 15) is 0 Å². The summed E-state index contributed by atoms with van der Waals surface area (Å²) in [6.07, 6.45) is 0. The molecule has 90 valence electrons. The van der Waals surface area contributed by atoms with Crippen LogP contribution in [0.2, 0.25) is 0 Å². The SMILES string of the molecule is Oc1cccs1.c1ccc(-c2ccccc2)cc1. The second-order valence-electron chi connectivity index (χ2n) is 3.68. The van der Waals surface area contributed by atoms with Gasteiger partial charge >= 0.3 is 0 Å². The molecule has 0 atom stereocenters. The maximum atomic E-state index is 8.49. The van der Waals surface area contributed by atoms with Crippen LogP contribution >= 0.6 is 11.3 Å². The van der Waals surface area contributed by atoms with E-state index >= 15 is 0 Å². The highest BCUT2D eigenvalue weighted by Crippen LogP contribution is 2.17. The lowest BCUT2D eigenvalue weighted by atomic mass is 10.1. The highest BCUT2D eigenvalue weighted by atomic mass is 32.1. The Morgan fingerprint density at radius 2 is 1.11 bits per heavy atom. The first kappa shape index (κ1) is 12.4. The first-order chi connectivity index (χ1) is 8.86. The summed E-state index contributed by atoms with van der Waals surface area (Å²) in [5, 5.41) is 10.7. The van der Waals surface area contributed by atoms with E-state index in [1.54, 1.807) is 12.1 Å². The summed E-state index contributed by atoms with van der Waals surface area (Å²) in [6.45, 7) is 0. The van der Waals surface area contributed by atoms with Crippen molar-refractivity contribution >= 4 is 11.3 Å². The quantitative estimate of drug-likeness (QED) is 0.661. The van der Waals surface area contributed by atoms with Gasteiger partial charge < -0.3 is 5.11 Å². The lowest BCUT2D eigenvalue weighted by molar-refractivity contribution is 0.491. The van der Waals surface area contributed by atoms with E-state index in [-0.39, 0.29) is 0 Å². The number of aromatic hydroxyl groups is 1. The summed E-state index contributed by atoms with van der Waals surface area (Å²) in [7, 11) is 0. The Morgan fingerprint density at radius 3 is 1.39 bits per heavy atom. The molecule has 1 heterocycles. The van der Waals surface area contributed by atoms with Gasteiger partial charge in [0.15, 0.2) is 5.06 Å². The number of benzene rings is 2. The van der Waals surface area contributed by atoms with Crippen LogP contribution in [0.3, 0.4) is 0 Å². The Bertz CT molecular complexity index is 507. The third-order valence-corrected chi connectivity index (χ3v) is 3.06. The van der Waals surface area contributed by atoms with Crippen molar-refractivity contribution in [3.63, 3.8) is 0 Å². The monoisotopic (exact) mass is 254 g/mol. The molecular formula is C16H14OS. The fourth-order valence-corrected chi connectivity index (χ4v) is 1.98. The topological polar surface area (TPSA) is 20.2 Å². The van der Waals surface area contributed by atoms with Crippen molar-refractivity contribution in [1.29, 1.82) is 0 Å². The van der Waals surface area contributed by atoms with Crippen LogP contribution in [0.5, 0.6) is 5.06 Å². The van der Waals surface area contributed by atoms with Gasteiger partial charge in [-0.15, -0.1) is 11.3 Å². The molecule has 1 aromatic heterocycles. The van der Waals surface area contributed by atoms with Gasteiger partial charge in [0.25, 0.3) is 0 Å². The molecule has 0 bridgehead atoms. The maximum absolute atomic E-state index is 8.49. The van der Waals surface area contributed by atoms with Crippen LogP contribution in [-0.4, -0.2) is 5.11 Å². The summed E-state index contributed by atoms with van der Waals surface area (Å²) in [5.74, 6) is 0. The molecule has 0 spiro atoms. The second kappa shape index (κ2) is 6.62. The van der Waals surface area contributed by atoms with Crippen LogP contribution < -0.4 is 0 Å². The van der Waals surface area contributed by atoms with Crippen LogP contribution in [0.4, 0.5) is 0 Å². The van der Waals surface area contributed by atoms with Crippen molar-refractivity contribution in [3.05, 3.63) is 78.2 Å². The van der Waals surface area contributed by atoms with Gasteiger partial charge in [-0.2, -0.15) is 0 Å². The van der Waals surface area contributed by atoms with Gasteiger partial charge in [-0.05, 0) is 28.6 Å². The Balaban J connectivity index is 0.000000169. The van der Waals surface area contributed by atoms with Crippen LogP contribution in [0.1, 0.15) is 0 Å². The molecule has 0 unspecified atom stereocenters. The van der Waals surface area contributed by atoms with Crippen LogP contribution in [0, 0.1) is 0 Å². The molecule has 0 saturated heterocycles. The summed E-state index contributed by atoms with van der Waals surface area (Å²) < 4.78 is 0. The molecule has 18 heavy (non-hydrogen) atoms. The van der Waals surface area contributed by atoms with Crippen molar-refractivity contribution in [2.24, 2.45) is 0 Å². The highest BCUT2D eigenvalue weighted by molar-refractivity contribution is 7.11. The molecule has 0 fully saturated rings. The summed E-state index contributed by atoms with van der Waals surface area (Å²) in [4.78, 5) is 0. The largest absolute Gasteiger partial charge is 0.499 e. The summed E-state index contributed by atoms with van der Waals surface area (Å²) in [5.41, 5.74) is 2.55. The third-order valence-electron chi connectivity index (χ3n) is 2.39. The Kier molecular flexibility index (Phi) is 4.56. The van der Waals surface area contributed by atoms with E-state index < -0.39 is 0 Å². The van der Waals surface area contributed by atoms with Crippen molar-refractivity contribution < 1.29 is 5.11 Å². The number of rotatable bonds is 1. The summed E-state index contributed by atoms with van der Waals surface area (Å²) in [6, 6.07) is 24.2. The molecule has 0 radical (unpaired) electrons. The zero-order valence-electron chi connectivity index (χ0n) is 9.86. The van der Waals surface area contributed by atoms with E-state index in [1.807, 2.05) is 17.5 Å². The molecule has 1 N–H and O–H groups in total. The van der Waals surface area contributed by atoms with Crippen LogP contribution in [-0.2, 0) is 0 Å². The molecule has 2 heteroatoms. The van der Waals surface area contributed by atoms with Gasteiger partial charge in [-0.1, -0.05) is 60.7 Å². The minimum atomic E-state index is 0.384.